The molecule has 2 rings (SSSR count). The van der Waals surface area contributed by atoms with E-state index in [-0.39, 0.29) is 12.2 Å². The molecule has 0 aliphatic heterocycles. The second-order valence-corrected chi connectivity index (χ2v) is 3.82. The Morgan fingerprint density at radius 2 is 1.69 bits per heavy atom. The molecule has 1 aromatic rings. The first-order chi connectivity index (χ1) is 7.86. The molecule has 2 atom stereocenters. The fourth-order valence-corrected chi connectivity index (χ4v) is 1.89. The first-order valence-electron chi connectivity index (χ1n) is 6.26. The SMILES string of the molecule is CC.OC1CCCCC1Oc1ccccc1. The summed E-state index contributed by atoms with van der Waals surface area (Å²) in [7, 11) is 0. The monoisotopic (exact) mass is 222 g/mol. The van der Waals surface area contributed by atoms with E-state index in [4.69, 9.17) is 4.74 Å². The lowest BCUT2D eigenvalue weighted by atomic mass is 9.95. The van der Waals surface area contributed by atoms with Gasteiger partial charge in [0.05, 0.1) is 6.10 Å². The van der Waals surface area contributed by atoms with E-state index in [0.29, 0.717) is 0 Å². The van der Waals surface area contributed by atoms with Crippen LogP contribution >= 0.6 is 0 Å². The summed E-state index contributed by atoms with van der Waals surface area (Å²) in [5.41, 5.74) is 0. The summed E-state index contributed by atoms with van der Waals surface area (Å²) >= 11 is 0. The van der Waals surface area contributed by atoms with Crippen LogP contribution in [0.2, 0.25) is 0 Å². The Morgan fingerprint density at radius 1 is 1.06 bits per heavy atom. The zero-order chi connectivity index (χ0) is 11.8. The van der Waals surface area contributed by atoms with Gasteiger partial charge in [0, 0.05) is 0 Å². The number of aliphatic hydroxyl groups is 1. The Kier molecular flexibility index (Phi) is 5.94. The minimum Gasteiger partial charge on any atom is -0.488 e. The van der Waals surface area contributed by atoms with Crippen molar-refractivity contribution >= 4 is 0 Å². The smallest absolute Gasteiger partial charge is 0.124 e. The molecule has 1 saturated carbocycles. The van der Waals surface area contributed by atoms with Gasteiger partial charge in [-0.15, -0.1) is 0 Å². The van der Waals surface area contributed by atoms with Gasteiger partial charge in [-0.05, 0) is 31.4 Å². The zero-order valence-electron chi connectivity index (χ0n) is 10.2. The molecule has 16 heavy (non-hydrogen) atoms. The Morgan fingerprint density at radius 3 is 2.31 bits per heavy atom. The molecule has 2 nitrogen and oxygen atoms in total. The highest BCUT2D eigenvalue weighted by molar-refractivity contribution is 5.21. The van der Waals surface area contributed by atoms with Gasteiger partial charge in [-0.3, -0.25) is 0 Å². The Bertz CT molecular complexity index is 271. The summed E-state index contributed by atoms with van der Waals surface area (Å²) in [6.07, 6.45) is 3.83. The predicted octanol–water partition coefficient (Wildman–Crippen LogP) is 3.40. The molecule has 0 radical (unpaired) electrons. The molecule has 0 heterocycles. The molecule has 1 aliphatic rings. The Balaban J connectivity index is 0.000000606. The number of ether oxygens (including phenoxy) is 1. The summed E-state index contributed by atoms with van der Waals surface area (Å²) < 4.78 is 5.72. The van der Waals surface area contributed by atoms with Gasteiger partial charge in [-0.2, -0.15) is 0 Å². The van der Waals surface area contributed by atoms with Gasteiger partial charge >= 0.3 is 0 Å². The van der Waals surface area contributed by atoms with E-state index in [2.05, 4.69) is 0 Å². The third kappa shape index (κ3) is 3.86. The molecule has 2 heteroatoms. The van der Waals surface area contributed by atoms with E-state index in [1.165, 1.54) is 0 Å². The lowest BCUT2D eigenvalue weighted by Gasteiger charge is -2.28. The average molecular weight is 222 g/mol. The van der Waals surface area contributed by atoms with Gasteiger partial charge in [0.2, 0.25) is 0 Å². The van der Waals surface area contributed by atoms with E-state index in [1.807, 2.05) is 44.2 Å². The largest absolute Gasteiger partial charge is 0.488 e. The minimum atomic E-state index is -0.288. The lowest BCUT2D eigenvalue weighted by molar-refractivity contribution is 0.00688. The molecule has 2 unspecified atom stereocenters. The molecule has 0 bridgehead atoms. The van der Waals surface area contributed by atoms with E-state index in [9.17, 15) is 5.11 Å². The number of rotatable bonds is 2. The third-order valence-electron chi connectivity index (χ3n) is 2.70. The minimum absolute atomic E-state index is 0.00819. The van der Waals surface area contributed by atoms with Gasteiger partial charge in [0.1, 0.15) is 11.9 Å². The van der Waals surface area contributed by atoms with Crippen molar-refractivity contribution in [3.05, 3.63) is 30.3 Å². The molecule has 1 N–H and O–H groups in total. The van der Waals surface area contributed by atoms with Crippen LogP contribution in [0.25, 0.3) is 0 Å². The van der Waals surface area contributed by atoms with E-state index < -0.39 is 0 Å². The maximum absolute atomic E-state index is 9.71. The van der Waals surface area contributed by atoms with Gasteiger partial charge in [-0.1, -0.05) is 38.5 Å². The molecule has 1 aromatic carbocycles. The van der Waals surface area contributed by atoms with Crippen LogP contribution in [0.15, 0.2) is 30.3 Å². The Labute approximate surface area is 98.3 Å². The van der Waals surface area contributed by atoms with Crippen molar-refractivity contribution in [3.8, 4) is 5.75 Å². The van der Waals surface area contributed by atoms with Gasteiger partial charge in [0.15, 0.2) is 0 Å². The van der Waals surface area contributed by atoms with E-state index >= 15 is 0 Å². The molecule has 0 saturated heterocycles. The van der Waals surface area contributed by atoms with Crippen LogP contribution in [-0.2, 0) is 0 Å². The standard InChI is InChI=1S/C12H16O2.C2H6/c13-11-8-4-5-9-12(11)14-10-6-2-1-3-7-10;1-2/h1-3,6-7,11-13H,4-5,8-9H2;1-2H3. The number of para-hydroxylation sites is 1. The fourth-order valence-electron chi connectivity index (χ4n) is 1.89. The molecule has 90 valence electrons. The second kappa shape index (κ2) is 7.29. The van der Waals surface area contributed by atoms with E-state index in [0.717, 1.165) is 31.4 Å². The first-order valence-corrected chi connectivity index (χ1v) is 6.26. The number of aliphatic hydroxyl groups excluding tert-OH is 1. The molecule has 0 spiro atoms. The topological polar surface area (TPSA) is 29.5 Å². The van der Waals surface area contributed by atoms with Crippen LogP contribution in [0.1, 0.15) is 39.5 Å². The maximum atomic E-state index is 9.71. The van der Waals surface area contributed by atoms with Crippen LogP contribution in [0.5, 0.6) is 5.75 Å². The van der Waals surface area contributed by atoms with Crippen LogP contribution in [0.3, 0.4) is 0 Å². The second-order valence-electron chi connectivity index (χ2n) is 3.82. The highest BCUT2D eigenvalue weighted by Gasteiger charge is 2.24. The van der Waals surface area contributed by atoms with Crippen LogP contribution in [-0.4, -0.2) is 17.3 Å². The lowest BCUT2D eigenvalue weighted by Crippen LogP contribution is -2.34. The number of hydrogen-bond acceptors (Lipinski definition) is 2. The number of benzene rings is 1. The van der Waals surface area contributed by atoms with Crippen molar-refractivity contribution < 1.29 is 9.84 Å². The maximum Gasteiger partial charge on any atom is 0.124 e. The molecule has 0 amide bonds. The van der Waals surface area contributed by atoms with Crippen LogP contribution in [0.4, 0.5) is 0 Å². The average Bonchev–Trinajstić information content (AvgIpc) is 2.36. The molecule has 1 fully saturated rings. The summed E-state index contributed by atoms with van der Waals surface area (Å²) in [4.78, 5) is 0. The summed E-state index contributed by atoms with van der Waals surface area (Å²) in [5.74, 6) is 0.860. The van der Waals surface area contributed by atoms with Crippen molar-refractivity contribution in [2.45, 2.75) is 51.7 Å². The quantitative estimate of drug-likeness (QED) is 0.831. The van der Waals surface area contributed by atoms with Gasteiger partial charge in [-0.25, -0.2) is 0 Å². The van der Waals surface area contributed by atoms with Crippen molar-refractivity contribution in [2.75, 3.05) is 0 Å². The molecular weight excluding hydrogens is 200 g/mol. The third-order valence-corrected chi connectivity index (χ3v) is 2.70. The van der Waals surface area contributed by atoms with Crippen LogP contribution in [0, 0.1) is 0 Å². The highest BCUT2D eigenvalue weighted by Crippen LogP contribution is 2.23. The van der Waals surface area contributed by atoms with E-state index in [1.54, 1.807) is 0 Å². The Hall–Kier alpha value is -1.02. The zero-order valence-corrected chi connectivity index (χ0v) is 10.2. The van der Waals surface area contributed by atoms with Gasteiger partial charge in [0.25, 0.3) is 0 Å². The van der Waals surface area contributed by atoms with Crippen molar-refractivity contribution in [1.82, 2.24) is 0 Å². The summed E-state index contributed by atoms with van der Waals surface area (Å²) in [6, 6.07) is 9.72. The van der Waals surface area contributed by atoms with Crippen molar-refractivity contribution in [3.63, 3.8) is 0 Å². The normalized spacial score (nSPS) is 24.2. The molecule has 1 aliphatic carbocycles. The summed E-state index contributed by atoms with van der Waals surface area (Å²) in [6.45, 7) is 4.00. The van der Waals surface area contributed by atoms with Crippen molar-refractivity contribution in [1.29, 1.82) is 0 Å². The summed E-state index contributed by atoms with van der Waals surface area (Å²) in [5, 5.41) is 9.71. The highest BCUT2D eigenvalue weighted by atomic mass is 16.5. The van der Waals surface area contributed by atoms with Crippen molar-refractivity contribution in [2.24, 2.45) is 0 Å². The molecular formula is C14H22O2. The van der Waals surface area contributed by atoms with Crippen LogP contribution < -0.4 is 4.74 Å². The first kappa shape index (κ1) is 13.0. The predicted molar refractivity (Wildman–Crippen MR) is 66.7 cm³/mol. The van der Waals surface area contributed by atoms with Gasteiger partial charge < -0.3 is 9.84 Å². The number of hydrogen-bond donors (Lipinski definition) is 1. The molecule has 0 aromatic heterocycles. The fraction of sp³-hybridized carbons (Fsp3) is 0.571.